The van der Waals surface area contributed by atoms with Crippen LogP contribution in [0.25, 0.3) is 0 Å². The number of carbonyl (C=O) groups is 1. The van der Waals surface area contributed by atoms with Crippen molar-refractivity contribution >= 4 is 11.9 Å². The Kier molecular flexibility index (Phi) is 9.76. The molecule has 1 rings (SSSR count). The lowest BCUT2D eigenvalue weighted by molar-refractivity contribution is -0.149. The minimum absolute atomic E-state index is 0.0367. The van der Waals surface area contributed by atoms with Crippen LogP contribution in [0.1, 0.15) is 47.0 Å². The summed E-state index contributed by atoms with van der Waals surface area (Å²) in [5, 5.41) is 3.37. The number of likely N-dealkylation sites (tertiary alicyclic amines) is 1. The summed E-state index contributed by atoms with van der Waals surface area (Å²) in [6.07, 6.45) is 3.06. The molecule has 1 fully saturated rings. The van der Waals surface area contributed by atoms with E-state index in [1.165, 1.54) is 0 Å². The summed E-state index contributed by atoms with van der Waals surface area (Å²) < 4.78 is 5.19. The third-order valence-corrected chi connectivity index (χ3v) is 4.73. The molecule has 1 aliphatic rings. The monoisotopic (exact) mass is 340 g/mol. The summed E-state index contributed by atoms with van der Waals surface area (Å²) in [6.45, 7) is 13.0. The van der Waals surface area contributed by atoms with Crippen molar-refractivity contribution in [3.63, 3.8) is 0 Å². The molecule has 0 amide bonds. The highest BCUT2D eigenvalue weighted by Gasteiger charge is 2.28. The molecule has 24 heavy (non-hydrogen) atoms. The van der Waals surface area contributed by atoms with Crippen LogP contribution in [0.3, 0.4) is 0 Å². The van der Waals surface area contributed by atoms with Gasteiger partial charge in [-0.05, 0) is 47.1 Å². The average molecular weight is 341 g/mol. The zero-order chi connectivity index (χ0) is 17.9. The summed E-state index contributed by atoms with van der Waals surface area (Å²) >= 11 is 0. The minimum Gasteiger partial charge on any atom is -0.466 e. The van der Waals surface area contributed by atoms with Crippen molar-refractivity contribution < 1.29 is 9.53 Å². The fourth-order valence-corrected chi connectivity index (χ4v) is 2.89. The maximum atomic E-state index is 12.0. The van der Waals surface area contributed by atoms with Crippen molar-refractivity contribution in [2.45, 2.75) is 53.0 Å². The number of nitrogens with zero attached hydrogens (tertiary/aromatic N) is 3. The van der Waals surface area contributed by atoms with Crippen molar-refractivity contribution in [2.75, 3.05) is 46.4 Å². The van der Waals surface area contributed by atoms with Crippen molar-refractivity contribution in [3.05, 3.63) is 0 Å². The lowest BCUT2D eigenvalue weighted by Crippen LogP contribution is -2.48. The topological polar surface area (TPSA) is 57.2 Å². The van der Waals surface area contributed by atoms with E-state index in [-0.39, 0.29) is 11.9 Å². The van der Waals surface area contributed by atoms with E-state index in [1.54, 1.807) is 0 Å². The summed E-state index contributed by atoms with van der Waals surface area (Å²) in [4.78, 5) is 21.3. The zero-order valence-corrected chi connectivity index (χ0v) is 16.2. The molecule has 0 aliphatic carbocycles. The summed E-state index contributed by atoms with van der Waals surface area (Å²) in [6, 6.07) is 0.575. The number of ether oxygens (including phenoxy) is 1. The number of carbonyl (C=O) groups excluding carboxylic acids is 1. The van der Waals surface area contributed by atoms with Gasteiger partial charge < -0.3 is 19.9 Å². The van der Waals surface area contributed by atoms with Gasteiger partial charge in [0.2, 0.25) is 0 Å². The molecule has 1 saturated heterocycles. The van der Waals surface area contributed by atoms with E-state index in [2.05, 4.69) is 42.9 Å². The lowest BCUT2D eigenvalue weighted by atomic mass is 9.98. The molecule has 2 unspecified atom stereocenters. The van der Waals surface area contributed by atoms with E-state index in [0.717, 1.165) is 51.4 Å². The molecule has 0 radical (unpaired) electrons. The van der Waals surface area contributed by atoms with Gasteiger partial charge in [-0.25, -0.2) is 0 Å². The van der Waals surface area contributed by atoms with Crippen LogP contribution in [-0.4, -0.2) is 74.1 Å². The van der Waals surface area contributed by atoms with Gasteiger partial charge in [-0.3, -0.25) is 9.79 Å². The molecule has 2 atom stereocenters. The van der Waals surface area contributed by atoms with E-state index in [1.807, 2.05) is 6.92 Å². The minimum atomic E-state index is -0.0745. The van der Waals surface area contributed by atoms with E-state index in [9.17, 15) is 4.79 Å². The Morgan fingerprint density at radius 1 is 1.42 bits per heavy atom. The number of esters is 1. The smallest absolute Gasteiger partial charge is 0.310 e. The second kappa shape index (κ2) is 11.3. The predicted molar refractivity (Wildman–Crippen MR) is 99.3 cm³/mol. The van der Waals surface area contributed by atoms with Crippen LogP contribution in [0.15, 0.2) is 4.99 Å². The summed E-state index contributed by atoms with van der Waals surface area (Å²) in [5.74, 6) is 0.809. The van der Waals surface area contributed by atoms with Gasteiger partial charge in [0.15, 0.2) is 5.96 Å². The molecule has 6 heteroatoms. The lowest BCUT2D eigenvalue weighted by Gasteiger charge is -2.34. The molecular formula is C18H36N4O2. The zero-order valence-electron chi connectivity index (χ0n) is 16.2. The fourth-order valence-electron chi connectivity index (χ4n) is 2.89. The van der Waals surface area contributed by atoms with Crippen molar-refractivity contribution in [1.29, 1.82) is 0 Å². The van der Waals surface area contributed by atoms with E-state index < -0.39 is 0 Å². The molecule has 0 aromatic heterocycles. The largest absolute Gasteiger partial charge is 0.466 e. The van der Waals surface area contributed by atoms with Crippen LogP contribution in [0.4, 0.5) is 0 Å². The first kappa shape index (κ1) is 20.7. The number of aliphatic imine (C=N–C) groups is 1. The second-order valence-electron chi connectivity index (χ2n) is 6.51. The highest BCUT2D eigenvalue weighted by atomic mass is 16.5. The van der Waals surface area contributed by atoms with E-state index in [0.29, 0.717) is 19.2 Å². The number of likely N-dealkylation sites (N-methyl/N-ethyl adjacent to an activating group) is 1. The normalized spacial score (nSPS) is 20.2. The Labute approximate surface area is 147 Å². The van der Waals surface area contributed by atoms with Gasteiger partial charge in [-0.15, -0.1) is 0 Å². The number of hydrogen-bond acceptors (Lipinski definition) is 4. The predicted octanol–water partition coefficient (Wildman–Crippen LogP) is 1.96. The first-order chi connectivity index (χ1) is 11.5. The third kappa shape index (κ3) is 6.67. The van der Waals surface area contributed by atoms with Crippen molar-refractivity contribution in [3.8, 4) is 0 Å². The molecule has 0 saturated carbocycles. The number of hydrogen-bond donors (Lipinski definition) is 1. The molecule has 140 valence electrons. The van der Waals surface area contributed by atoms with Gasteiger partial charge in [-0.1, -0.05) is 6.92 Å². The van der Waals surface area contributed by atoms with Crippen LogP contribution in [-0.2, 0) is 9.53 Å². The van der Waals surface area contributed by atoms with Crippen molar-refractivity contribution in [2.24, 2.45) is 10.9 Å². The quantitative estimate of drug-likeness (QED) is 0.416. The molecule has 6 nitrogen and oxygen atoms in total. The van der Waals surface area contributed by atoms with Crippen LogP contribution in [0.2, 0.25) is 0 Å². The molecule has 0 aromatic rings. The van der Waals surface area contributed by atoms with Gasteiger partial charge in [-0.2, -0.15) is 0 Å². The highest BCUT2D eigenvalue weighted by molar-refractivity contribution is 5.81. The van der Waals surface area contributed by atoms with E-state index >= 15 is 0 Å². The second-order valence-corrected chi connectivity index (χ2v) is 6.51. The SMILES string of the molecule is CCNC(=NCCN(C)C(C)CC)N1CCCC(C(=O)OCC)C1. The van der Waals surface area contributed by atoms with Gasteiger partial charge in [0.05, 0.1) is 19.1 Å². The molecule has 1 aliphatic heterocycles. The van der Waals surface area contributed by atoms with Crippen LogP contribution < -0.4 is 5.32 Å². The van der Waals surface area contributed by atoms with Crippen LogP contribution >= 0.6 is 0 Å². The Hall–Kier alpha value is -1.30. The van der Waals surface area contributed by atoms with Gasteiger partial charge in [0.1, 0.15) is 0 Å². The molecule has 0 spiro atoms. The average Bonchev–Trinajstić information content (AvgIpc) is 2.60. The van der Waals surface area contributed by atoms with Gasteiger partial charge >= 0.3 is 5.97 Å². The first-order valence-electron chi connectivity index (χ1n) is 9.43. The Morgan fingerprint density at radius 3 is 2.79 bits per heavy atom. The molecule has 1 heterocycles. The Morgan fingerprint density at radius 2 is 2.17 bits per heavy atom. The number of piperidine rings is 1. The maximum absolute atomic E-state index is 12.0. The molecule has 0 bridgehead atoms. The van der Waals surface area contributed by atoms with Crippen LogP contribution in [0.5, 0.6) is 0 Å². The van der Waals surface area contributed by atoms with E-state index in [4.69, 9.17) is 9.73 Å². The molecule has 1 N–H and O–H groups in total. The third-order valence-electron chi connectivity index (χ3n) is 4.73. The molecule has 0 aromatic carbocycles. The first-order valence-corrected chi connectivity index (χ1v) is 9.43. The van der Waals surface area contributed by atoms with Crippen LogP contribution in [0, 0.1) is 5.92 Å². The number of rotatable bonds is 8. The van der Waals surface area contributed by atoms with Gasteiger partial charge in [0, 0.05) is 32.2 Å². The van der Waals surface area contributed by atoms with Gasteiger partial charge in [0.25, 0.3) is 0 Å². The Bertz CT molecular complexity index is 400. The summed E-state index contributed by atoms with van der Waals surface area (Å²) in [5.41, 5.74) is 0. The maximum Gasteiger partial charge on any atom is 0.310 e. The fraction of sp³-hybridized carbons (Fsp3) is 0.889. The number of guanidine groups is 1. The Balaban J connectivity index is 2.62. The van der Waals surface area contributed by atoms with Crippen molar-refractivity contribution in [1.82, 2.24) is 15.1 Å². The number of nitrogens with one attached hydrogen (secondary N) is 1. The standard InChI is InChI=1S/C18H36N4O2/c1-6-15(4)21(5)13-11-20-18(19-7-2)22-12-9-10-16(14-22)17(23)24-8-3/h15-16H,6-14H2,1-5H3,(H,19,20). The molecular weight excluding hydrogens is 304 g/mol. The highest BCUT2D eigenvalue weighted by Crippen LogP contribution is 2.18. The summed E-state index contributed by atoms with van der Waals surface area (Å²) in [7, 11) is 2.15.